The van der Waals surface area contributed by atoms with E-state index in [4.69, 9.17) is 21.1 Å². The van der Waals surface area contributed by atoms with E-state index in [9.17, 15) is 0 Å². The summed E-state index contributed by atoms with van der Waals surface area (Å²) in [6.07, 6.45) is 3.34. The zero-order chi connectivity index (χ0) is 13.0. The van der Waals surface area contributed by atoms with Crippen LogP contribution in [0.1, 0.15) is 18.4 Å². The molecule has 0 atom stereocenters. The SMILES string of the molecule is COc1ccc(OC)c(CC2CCNCC2)c1Cl. The van der Waals surface area contributed by atoms with E-state index in [2.05, 4.69) is 5.32 Å². The van der Waals surface area contributed by atoms with Crippen LogP contribution in [0.15, 0.2) is 12.1 Å². The summed E-state index contributed by atoms with van der Waals surface area (Å²) in [6.45, 7) is 2.18. The summed E-state index contributed by atoms with van der Waals surface area (Å²) in [5.74, 6) is 2.26. The van der Waals surface area contributed by atoms with Crippen molar-refractivity contribution in [3.63, 3.8) is 0 Å². The molecule has 2 rings (SSSR count). The van der Waals surface area contributed by atoms with Gasteiger partial charge >= 0.3 is 0 Å². The van der Waals surface area contributed by atoms with Crippen molar-refractivity contribution in [2.24, 2.45) is 5.92 Å². The lowest BCUT2D eigenvalue weighted by molar-refractivity contribution is 0.359. The number of ether oxygens (including phenoxy) is 2. The number of hydrogen-bond donors (Lipinski definition) is 1. The summed E-state index contributed by atoms with van der Waals surface area (Å²) in [4.78, 5) is 0. The number of piperidine rings is 1. The van der Waals surface area contributed by atoms with Crippen LogP contribution >= 0.6 is 11.6 Å². The van der Waals surface area contributed by atoms with E-state index in [-0.39, 0.29) is 0 Å². The smallest absolute Gasteiger partial charge is 0.138 e. The Balaban J connectivity index is 2.23. The van der Waals surface area contributed by atoms with Gasteiger partial charge in [0, 0.05) is 5.56 Å². The standard InChI is InChI=1S/C14H20ClNO2/c1-17-12-3-4-13(18-2)14(15)11(12)9-10-5-7-16-8-6-10/h3-4,10,16H,5-9H2,1-2H3. The number of nitrogens with one attached hydrogen (secondary N) is 1. The first-order valence-electron chi connectivity index (χ1n) is 6.36. The Bertz CT molecular complexity index is 403. The highest BCUT2D eigenvalue weighted by Gasteiger charge is 2.19. The fourth-order valence-electron chi connectivity index (χ4n) is 2.50. The summed E-state index contributed by atoms with van der Waals surface area (Å²) >= 11 is 6.39. The van der Waals surface area contributed by atoms with Gasteiger partial charge in [0.1, 0.15) is 11.5 Å². The lowest BCUT2D eigenvalue weighted by atomic mass is 9.90. The summed E-state index contributed by atoms with van der Waals surface area (Å²) in [5, 5.41) is 4.07. The van der Waals surface area contributed by atoms with Gasteiger partial charge in [0.15, 0.2) is 0 Å². The molecular weight excluding hydrogens is 250 g/mol. The molecule has 0 radical (unpaired) electrons. The van der Waals surface area contributed by atoms with Crippen LogP contribution in [0, 0.1) is 5.92 Å². The highest BCUT2D eigenvalue weighted by Crippen LogP contribution is 2.37. The Labute approximate surface area is 113 Å². The van der Waals surface area contributed by atoms with Crippen LogP contribution in [0.2, 0.25) is 5.02 Å². The molecule has 4 heteroatoms. The zero-order valence-electron chi connectivity index (χ0n) is 11.0. The van der Waals surface area contributed by atoms with E-state index in [1.165, 1.54) is 12.8 Å². The molecule has 1 N–H and O–H groups in total. The van der Waals surface area contributed by atoms with Crippen LogP contribution in [-0.2, 0) is 6.42 Å². The monoisotopic (exact) mass is 269 g/mol. The molecule has 100 valence electrons. The molecule has 1 fully saturated rings. The molecule has 1 aromatic carbocycles. The van der Waals surface area contributed by atoms with Crippen molar-refractivity contribution in [2.45, 2.75) is 19.3 Å². The van der Waals surface area contributed by atoms with Crippen LogP contribution in [0.25, 0.3) is 0 Å². The minimum Gasteiger partial charge on any atom is -0.496 e. The molecule has 1 saturated heterocycles. The van der Waals surface area contributed by atoms with Gasteiger partial charge in [-0.25, -0.2) is 0 Å². The Morgan fingerprint density at radius 1 is 1.17 bits per heavy atom. The van der Waals surface area contributed by atoms with Gasteiger partial charge in [-0.15, -0.1) is 0 Å². The number of benzene rings is 1. The topological polar surface area (TPSA) is 30.5 Å². The first-order valence-corrected chi connectivity index (χ1v) is 6.74. The molecule has 0 amide bonds. The van der Waals surface area contributed by atoms with Crippen molar-refractivity contribution in [2.75, 3.05) is 27.3 Å². The van der Waals surface area contributed by atoms with Gasteiger partial charge in [-0.2, -0.15) is 0 Å². The number of halogens is 1. The zero-order valence-corrected chi connectivity index (χ0v) is 11.7. The first-order chi connectivity index (χ1) is 8.76. The maximum Gasteiger partial charge on any atom is 0.138 e. The molecule has 1 aliphatic rings. The maximum absolute atomic E-state index is 6.39. The van der Waals surface area contributed by atoms with Crippen molar-refractivity contribution in [1.29, 1.82) is 0 Å². The molecule has 1 heterocycles. The summed E-state index contributed by atoms with van der Waals surface area (Å²) in [7, 11) is 3.33. The van der Waals surface area contributed by atoms with Gasteiger partial charge in [0.25, 0.3) is 0 Å². The third-order valence-corrected chi connectivity index (χ3v) is 3.97. The van der Waals surface area contributed by atoms with Gasteiger partial charge in [0.2, 0.25) is 0 Å². The van der Waals surface area contributed by atoms with Crippen LogP contribution in [0.5, 0.6) is 11.5 Å². The highest BCUT2D eigenvalue weighted by atomic mass is 35.5. The second kappa shape index (κ2) is 6.30. The van der Waals surface area contributed by atoms with Gasteiger partial charge in [-0.05, 0) is 50.4 Å². The summed E-state index contributed by atoms with van der Waals surface area (Å²) < 4.78 is 10.7. The molecule has 0 spiro atoms. The minimum atomic E-state index is 0.671. The van der Waals surface area contributed by atoms with E-state index in [1.807, 2.05) is 12.1 Å². The molecular formula is C14H20ClNO2. The van der Waals surface area contributed by atoms with Crippen LogP contribution in [0.4, 0.5) is 0 Å². The Hall–Kier alpha value is -0.930. The van der Waals surface area contributed by atoms with Crippen molar-refractivity contribution in [3.05, 3.63) is 22.7 Å². The highest BCUT2D eigenvalue weighted by molar-refractivity contribution is 6.33. The number of methoxy groups -OCH3 is 2. The molecule has 1 aromatic rings. The molecule has 3 nitrogen and oxygen atoms in total. The van der Waals surface area contributed by atoms with Gasteiger partial charge in [-0.1, -0.05) is 11.6 Å². The quantitative estimate of drug-likeness (QED) is 0.912. The summed E-state index contributed by atoms with van der Waals surface area (Å²) in [5.41, 5.74) is 1.07. The third kappa shape index (κ3) is 2.90. The second-order valence-electron chi connectivity index (χ2n) is 4.66. The average molecular weight is 270 g/mol. The van der Waals surface area contributed by atoms with E-state index < -0.39 is 0 Å². The number of rotatable bonds is 4. The predicted octanol–water partition coefficient (Wildman–Crippen LogP) is 2.90. The maximum atomic E-state index is 6.39. The Morgan fingerprint density at radius 2 is 1.78 bits per heavy atom. The predicted molar refractivity (Wildman–Crippen MR) is 73.9 cm³/mol. The normalized spacial score (nSPS) is 16.6. The van der Waals surface area contributed by atoms with E-state index in [0.29, 0.717) is 10.9 Å². The van der Waals surface area contributed by atoms with Gasteiger partial charge in [-0.3, -0.25) is 0 Å². The van der Waals surface area contributed by atoms with Crippen molar-refractivity contribution < 1.29 is 9.47 Å². The Kier molecular flexibility index (Phi) is 4.72. The number of hydrogen-bond acceptors (Lipinski definition) is 3. The van der Waals surface area contributed by atoms with Crippen molar-refractivity contribution in [1.82, 2.24) is 5.32 Å². The second-order valence-corrected chi connectivity index (χ2v) is 5.04. The van der Waals surface area contributed by atoms with Crippen LogP contribution < -0.4 is 14.8 Å². The first kappa shape index (κ1) is 13.5. The summed E-state index contributed by atoms with van der Waals surface area (Å²) in [6, 6.07) is 3.79. The molecule has 0 saturated carbocycles. The van der Waals surface area contributed by atoms with Gasteiger partial charge < -0.3 is 14.8 Å². The minimum absolute atomic E-state index is 0.671. The fourth-order valence-corrected chi connectivity index (χ4v) is 2.81. The molecule has 1 aliphatic heterocycles. The third-order valence-electron chi connectivity index (χ3n) is 3.56. The lowest BCUT2D eigenvalue weighted by Crippen LogP contribution is -2.28. The molecule has 0 bridgehead atoms. The van der Waals surface area contributed by atoms with Crippen molar-refractivity contribution in [3.8, 4) is 11.5 Å². The Morgan fingerprint density at radius 3 is 2.39 bits per heavy atom. The molecule has 0 aliphatic carbocycles. The van der Waals surface area contributed by atoms with E-state index in [0.717, 1.165) is 36.6 Å². The largest absolute Gasteiger partial charge is 0.496 e. The van der Waals surface area contributed by atoms with Gasteiger partial charge in [0.05, 0.1) is 19.2 Å². The molecule has 0 unspecified atom stereocenters. The molecule has 0 aromatic heterocycles. The average Bonchev–Trinajstić information content (AvgIpc) is 2.42. The lowest BCUT2D eigenvalue weighted by Gasteiger charge is -2.24. The van der Waals surface area contributed by atoms with E-state index in [1.54, 1.807) is 14.2 Å². The molecule has 18 heavy (non-hydrogen) atoms. The van der Waals surface area contributed by atoms with Crippen LogP contribution in [-0.4, -0.2) is 27.3 Å². The van der Waals surface area contributed by atoms with Crippen molar-refractivity contribution >= 4 is 11.6 Å². The fraction of sp³-hybridized carbons (Fsp3) is 0.571. The van der Waals surface area contributed by atoms with E-state index >= 15 is 0 Å². The van der Waals surface area contributed by atoms with Crippen LogP contribution in [0.3, 0.4) is 0 Å².